The van der Waals surface area contributed by atoms with Crippen LogP contribution in [0.1, 0.15) is 10.4 Å². The van der Waals surface area contributed by atoms with Crippen LogP contribution >= 0.6 is 11.6 Å². The summed E-state index contributed by atoms with van der Waals surface area (Å²) in [6.45, 7) is 0. The number of rotatable bonds is 4. The number of sulfonamides is 1. The molecule has 1 N–H and O–H groups in total. The maximum atomic E-state index is 13.9. The molecule has 8 heteroatoms. The van der Waals surface area contributed by atoms with Crippen molar-refractivity contribution < 1.29 is 22.7 Å². The van der Waals surface area contributed by atoms with Crippen LogP contribution in [0.5, 0.6) is 0 Å². The van der Waals surface area contributed by atoms with E-state index in [9.17, 15) is 17.6 Å². The van der Waals surface area contributed by atoms with Crippen molar-refractivity contribution in [1.29, 1.82) is 0 Å². The summed E-state index contributed by atoms with van der Waals surface area (Å²) in [5.74, 6) is -2.05. The number of hydrogen-bond donors (Lipinski definition) is 1. The molecule has 0 bridgehead atoms. The van der Waals surface area contributed by atoms with Crippen LogP contribution in [0.15, 0.2) is 47.4 Å². The molecule has 0 aliphatic rings. The van der Waals surface area contributed by atoms with Crippen LogP contribution in [0.2, 0.25) is 5.02 Å². The molecule has 0 aliphatic carbocycles. The molecule has 0 spiro atoms. The summed E-state index contributed by atoms with van der Waals surface area (Å²) >= 11 is 5.64. The van der Waals surface area contributed by atoms with Gasteiger partial charge in [0.05, 0.1) is 16.1 Å². The molecule has 0 aliphatic heterocycles. The Morgan fingerprint density at radius 3 is 2.50 bits per heavy atom. The summed E-state index contributed by atoms with van der Waals surface area (Å²) in [4.78, 5) is 10.7. The second-order valence-corrected chi connectivity index (χ2v) is 6.81. The van der Waals surface area contributed by atoms with Crippen molar-refractivity contribution in [2.75, 3.05) is 11.4 Å². The van der Waals surface area contributed by atoms with Crippen LogP contribution in [0.4, 0.5) is 10.1 Å². The maximum absolute atomic E-state index is 13.9. The number of aromatic carboxylic acids is 1. The van der Waals surface area contributed by atoms with Crippen LogP contribution < -0.4 is 4.31 Å². The Balaban J connectivity index is 2.49. The minimum atomic E-state index is -4.10. The van der Waals surface area contributed by atoms with Crippen molar-refractivity contribution in [2.24, 2.45) is 0 Å². The highest BCUT2D eigenvalue weighted by Gasteiger charge is 2.24. The summed E-state index contributed by atoms with van der Waals surface area (Å²) in [7, 11) is -2.92. The average molecular weight is 344 g/mol. The predicted molar refractivity (Wildman–Crippen MR) is 80.4 cm³/mol. The Morgan fingerprint density at radius 2 is 1.91 bits per heavy atom. The largest absolute Gasteiger partial charge is 0.478 e. The lowest BCUT2D eigenvalue weighted by Gasteiger charge is -2.20. The number of hydrogen-bond acceptors (Lipinski definition) is 3. The van der Waals surface area contributed by atoms with Gasteiger partial charge in [-0.2, -0.15) is 0 Å². The van der Waals surface area contributed by atoms with Crippen molar-refractivity contribution in [2.45, 2.75) is 4.90 Å². The first-order valence-corrected chi connectivity index (χ1v) is 7.82. The van der Waals surface area contributed by atoms with Gasteiger partial charge in [0.15, 0.2) is 0 Å². The van der Waals surface area contributed by atoms with Crippen LogP contribution in [-0.4, -0.2) is 26.5 Å². The molecule has 0 unspecified atom stereocenters. The summed E-state index contributed by atoms with van der Waals surface area (Å²) in [6.07, 6.45) is 0. The Kier molecular flexibility index (Phi) is 4.39. The van der Waals surface area contributed by atoms with Gasteiger partial charge in [-0.1, -0.05) is 17.7 Å². The van der Waals surface area contributed by atoms with E-state index in [1.165, 1.54) is 37.4 Å². The van der Waals surface area contributed by atoms with Crippen LogP contribution in [0, 0.1) is 5.82 Å². The zero-order chi connectivity index (χ0) is 16.5. The van der Waals surface area contributed by atoms with E-state index in [4.69, 9.17) is 16.7 Å². The van der Waals surface area contributed by atoms with E-state index in [-0.39, 0.29) is 21.2 Å². The normalized spacial score (nSPS) is 11.2. The molecular weight excluding hydrogens is 333 g/mol. The van der Waals surface area contributed by atoms with Gasteiger partial charge in [0.1, 0.15) is 5.82 Å². The fourth-order valence-electron chi connectivity index (χ4n) is 1.81. The minimum absolute atomic E-state index is 0.139. The molecule has 2 rings (SSSR count). The van der Waals surface area contributed by atoms with Gasteiger partial charge in [-0.05, 0) is 36.4 Å². The van der Waals surface area contributed by atoms with Gasteiger partial charge >= 0.3 is 5.97 Å². The molecule has 0 fully saturated rings. The van der Waals surface area contributed by atoms with E-state index in [1.807, 2.05) is 0 Å². The summed E-state index contributed by atoms with van der Waals surface area (Å²) in [5, 5.41) is 9.06. The molecule has 0 amide bonds. The third kappa shape index (κ3) is 3.05. The zero-order valence-electron chi connectivity index (χ0n) is 11.3. The summed E-state index contributed by atoms with van der Waals surface area (Å²) in [5.41, 5.74) is -0.365. The lowest BCUT2D eigenvalue weighted by atomic mass is 10.2. The second-order valence-electron chi connectivity index (χ2n) is 4.40. The number of halogens is 2. The van der Waals surface area contributed by atoms with Gasteiger partial charge in [0.25, 0.3) is 10.0 Å². The highest BCUT2D eigenvalue weighted by atomic mass is 35.5. The molecule has 0 heterocycles. The van der Waals surface area contributed by atoms with Gasteiger partial charge in [-0.3, -0.25) is 4.31 Å². The van der Waals surface area contributed by atoms with E-state index in [1.54, 1.807) is 0 Å². The number of carbonyl (C=O) groups is 1. The fourth-order valence-corrected chi connectivity index (χ4v) is 3.22. The number of anilines is 1. The number of carboxylic acids is 1. The van der Waals surface area contributed by atoms with E-state index in [0.29, 0.717) is 0 Å². The highest BCUT2D eigenvalue weighted by Crippen LogP contribution is 2.27. The topological polar surface area (TPSA) is 74.7 Å². The molecular formula is C14H11ClFNO4S. The third-order valence-corrected chi connectivity index (χ3v) is 4.99. The maximum Gasteiger partial charge on any atom is 0.335 e. The van der Waals surface area contributed by atoms with Crippen molar-refractivity contribution in [3.05, 3.63) is 58.9 Å². The van der Waals surface area contributed by atoms with E-state index in [2.05, 4.69) is 0 Å². The molecule has 0 saturated heterocycles. The van der Waals surface area contributed by atoms with Gasteiger partial charge in [0.2, 0.25) is 0 Å². The molecule has 22 heavy (non-hydrogen) atoms. The van der Waals surface area contributed by atoms with Crippen molar-refractivity contribution in [3.8, 4) is 0 Å². The summed E-state index contributed by atoms with van der Waals surface area (Å²) in [6, 6.07) is 8.42. The molecule has 0 saturated carbocycles. The van der Waals surface area contributed by atoms with Crippen LogP contribution in [0.3, 0.4) is 0 Å². The molecule has 2 aromatic carbocycles. The van der Waals surface area contributed by atoms with Crippen LogP contribution in [0.25, 0.3) is 0 Å². The third-order valence-electron chi connectivity index (χ3n) is 2.99. The molecule has 5 nitrogen and oxygen atoms in total. The predicted octanol–water partition coefficient (Wildman–Crippen LogP) is 3.00. The monoisotopic (exact) mass is 343 g/mol. The molecule has 116 valence electrons. The molecule has 0 aromatic heterocycles. The Labute approximate surface area is 131 Å². The first-order chi connectivity index (χ1) is 10.2. The highest BCUT2D eigenvalue weighted by molar-refractivity contribution is 7.92. The Morgan fingerprint density at radius 1 is 1.23 bits per heavy atom. The minimum Gasteiger partial charge on any atom is -0.478 e. The Hall–Kier alpha value is -2.12. The van der Waals surface area contributed by atoms with Crippen molar-refractivity contribution in [3.63, 3.8) is 0 Å². The zero-order valence-corrected chi connectivity index (χ0v) is 12.9. The molecule has 0 atom stereocenters. The summed E-state index contributed by atoms with van der Waals surface area (Å²) < 4.78 is 39.6. The first kappa shape index (κ1) is 16.3. The average Bonchev–Trinajstić information content (AvgIpc) is 2.46. The van der Waals surface area contributed by atoms with Crippen molar-refractivity contribution >= 4 is 33.3 Å². The quantitative estimate of drug-likeness (QED) is 0.926. The van der Waals surface area contributed by atoms with Crippen molar-refractivity contribution in [1.82, 2.24) is 0 Å². The van der Waals surface area contributed by atoms with Gasteiger partial charge in [0, 0.05) is 12.1 Å². The Bertz CT molecular complexity index is 838. The lowest BCUT2D eigenvalue weighted by Crippen LogP contribution is -2.27. The van der Waals surface area contributed by atoms with Gasteiger partial charge in [-0.25, -0.2) is 17.6 Å². The SMILES string of the molecule is CN(c1ccc(Cl)cc1F)S(=O)(=O)c1cccc(C(=O)O)c1. The van der Waals surface area contributed by atoms with Gasteiger partial charge < -0.3 is 5.11 Å². The van der Waals surface area contributed by atoms with Crippen LogP contribution in [-0.2, 0) is 10.0 Å². The lowest BCUT2D eigenvalue weighted by molar-refractivity contribution is 0.0696. The van der Waals surface area contributed by atoms with E-state index < -0.39 is 21.8 Å². The molecule has 2 aromatic rings. The second kappa shape index (κ2) is 5.94. The van der Waals surface area contributed by atoms with Gasteiger partial charge in [-0.15, -0.1) is 0 Å². The first-order valence-electron chi connectivity index (χ1n) is 6.01. The molecule has 0 radical (unpaired) electrons. The number of benzene rings is 2. The number of carboxylic acid groups (broad SMARTS) is 1. The number of nitrogens with zero attached hydrogens (tertiary/aromatic N) is 1. The standard InChI is InChI=1S/C14H11ClFNO4S/c1-17(13-6-5-10(15)8-12(13)16)22(20,21)11-4-2-3-9(7-11)14(18)19/h2-8H,1H3,(H,18,19). The van der Waals surface area contributed by atoms with E-state index in [0.717, 1.165) is 16.4 Å². The fraction of sp³-hybridized carbons (Fsp3) is 0.0714. The smallest absolute Gasteiger partial charge is 0.335 e. The van der Waals surface area contributed by atoms with E-state index >= 15 is 0 Å².